The second-order valence-electron chi connectivity index (χ2n) is 12.4. The van der Waals surface area contributed by atoms with Gasteiger partial charge in [-0.3, -0.25) is 9.78 Å². The summed E-state index contributed by atoms with van der Waals surface area (Å²) in [5, 5.41) is 6.22. The fourth-order valence-electron chi connectivity index (χ4n) is 5.94. The van der Waals surface area contributed by atoms with Gasteiger partial charge in [0.2, 0.25) is 0 Å². The first kappa shape index (κ1) is 32.5. The average Bonchev–Trinajstić information content (AvgIpc) is 3.36. The van der Waals surface area contributed by atoms with E-state index >= 15 is 4.39 Å². The summed E-state index contributed by atoms with van der Waals surface area (Å²) in [7, 11) is 3.10. The lowest BCUT2D eigenvalue weighted by molar-refractivity contribution is 0.0488. The maximum atomic E-state index is 16.5. The zero-order chi connectivity index (χ0) is 33.0. The number of carbonyl (C=O) groups excluding carboxylic acids is 2. The van der Waals surface area contributed by atoms with E-state index in [4.69, 9.17) is 24.9 Å². The van der Waals surface area contributed by atoms with Crippen molar-refractivity contribution in [3.63, 3.8) is 0 Å². The maximum absolute atomic E-state index is 16.5. The normalized spacial score (nSPS) is 18.2. The number of aromatic nitrogens is 2. The van der Waals surface area contributed by atoms with Crippen LogP contribution in [0.5, 0.6) is 11.5 Å². The van der Waals surface area contributed by atoms with Gasteiger partial charge in [-0.2, -0.15) is 0 Å². The smallest absolute Gasteiger partial charge is 0.407 e. The first-order valence-electron chi connectivity index (χ1n) is 15.3. The van der Waals surface area contributed by atoms with Crippen LogP contribution in [-0.4, -0.2) is 58.8 Å². The molecule has 1 saturated carbocycles. The summed E-state index contributed by atoms with van der Waals surface area (Å²) in [4.78, 5) is 37.3. The van der Waals surface area contributed by atoms with Gasteiger partial charge in [-0.1, -0.05) is 18.9 Å². The highest BCUT2D eigenvalue weighted by Crippen LogP contribution is 2.38. The Hall–Kier alpha value is -4.87. The number of ether oxygens (including phenoxy) is 3. The Kier molecular flexibility index (Phi) is 9.64. The molecule has 0 saturated heterocycles. The first-order chi connectivity index (χ1) is 22.0. The molecule has 2 atom stereocenters. The van der Waals surface area contributed by atoms with Crippen LogP contribution in [0.2, 0.25) is 0 Å². The van der Waals surface area contributed by atoms with Gasteiger partial charge in [-0.05, 0) is 57.9 Å². The van der Waals surface area contributed by atoms with Crippen molar-refractivity contribution >= 4 is 23.4 Å². The maximum Gasteiger partial charge on any atom is 0.407 e. The molecule has 4 N–H and O–H groups in total. The van der Waals surface area contributed by atoms with Gasteiger partial charge in [0.15, 0.2) is 11.6 Å². The lowest BCUT2D eigenvalue weighted by atomic mass is 9.90. The summed E-state index contributed by atoms with van der Waals surface area (Å²) in [5.41, 5.74) is 7.64. The highest BCUT2D eigenvalue weighted by molar-refractivity contribution is 6.04. The molecule has 12 heteroatoms. The number of carbonyl (C=O) groups is 2. The number of hydrogen-bond donors (Lipinski definition) is 3. The van der Waals surface area contributed by atoms with Crippen molar-refractivity contribution in [1.29, 1.82) is 0 Å². The van der Waals surface area contributed by atoms with E-state index in [1.54, 1.807) is 76.4 Å². The van der Waals surface area contributed by atoms with Gasteiger partial charge in [0, 0.05) is 47.7 Å². The van der Waals surface area contributed by atoms with Crippen molar-refractivity contribution in [2.45, 2.75) is 77.2 Å². The molecule has 2 amide bonds. The van der Waals surface area contributed by atoms with Crippen molar-refractivity contribution in [3.05, 3.63) is 82.7 Å². The van der Waals surface area contributed by atoms with E-state index in [1.807, 2.05) is 6.07 Å². The second-order valence-corrected chi connectivity index (χ2v) is 12.4. The largest absolute Gasteiger partial charge is 0.497 e. The molecule has 11 nitrogen and oxygen atoms in total. The number of fused-ring (bicyclic) bond motifs is 1. The molecular formula is C34H41FN6O5. The standard InChI is InChI=1S/C34H41FN6O5/c1-34(2,3)46-33(43)39-26-12-7-6-11-25(26)38-31-29(35)23-19-41(18-20-13-14-21(44-4)16-27(20)45-5)32(42)28(23)30(40-31)22(17-36)24-10-8-9-15-37-24/h8-10,13-17,25-26H,6-7,11-12,18-19,36H2,1-5H3,(H,38,40)(H,39,43)/t25-,26+/m1/s1. The lowest BCUT2D eigenvalue weighted by Crippen LogP contribution is -2.50. The van der Waals surface area contributed by atoms with Gasteiger partial charge in [-0.15, -0.1) is 0 Å². The number of rotatable bonds is 9. The number of nitrogens with zero attached hydrogens (tertiary/aromatic N) is 3. The fourth-order valence-corrected chi connectivity index (χ4v) is 5.94. The van der Waals surface area contributed by atoms with Crippen LogP contribution < -0.4 is 25.8 Å². The number of halogens is 1. The van der Waals surface area contributed by atoms with Crippen LogP contribution in [0.1, 0.15) is 79.3 Å². The molecule has 3 aromatic rings. The van der Waals surface area contributed by atoms with Gasteiger partial charge >= 0.3 is 6.09 Å². The number of nitrogens with one attached hydrogen (secondary N) is 2. The molecule has 2 aromatic heterocycles. The Bertz CT molecular complexity index is 1620. The Morgan fingerprint density at radius 3 is 2.54 bits per heavy atom. The van der Waals surface area contributed by atoms with Crippen molar-refractivity contribution in [2.24, 2.45) is 5.73 Å². The van der Waals surface area contributed by atoms with Crippen molar-refractivity contribution < 1.29 is 28.2 Å². The van der Waals surface area contributed by atoms with Crippen LogP contribution in [0.4, 0.5) is 15.0 Å². The SMILES string of the molecule is COc1ccc(CN2Cc3c(F)c(N[C@@H]4CCCC[C@@H]4NC(=O)OC(C)(C)C)nc(C(=CN)c4ccccn4)c3C2=O)c(OC)c1. The number of hydrogen-bond acceptors (Lipinski definition) is 9. The van der Waals surface area contributed by atoms with Crippen molar-refractivity contribution in [2.75, 3.05) is 19.5 Å². The van der Waals surface area contributed by atoms with Crippen LogP contribution in [0.3, 0.4) is 0 Å². The Morgan fingerprint density at radius 2 is 1.89 bits per heavy atom. The third-order valence-corrected chi connectivity index (χ3v) is 8.09. The quantitative estimate of drug-likeness (QED) is 0.283. The average molecular weight is 633 g/mol. The summed E-state index contributed by atoms with van der Waals surface area (Å²) < 4.78 is 32.8. The van der Waals surface area contributed by atoms with E-state index in [9.17, 15) is 9.59 Å². The molecule has 46 heavy (non-hydrogen) atoms. The van der Waals surface area contributed by atoms with E-state index in [0.29, 0.717) is 35.6 Å². The zero-order valence-corrected chi connectivity index (χ0v) is 26.9. The van der Waals surface area contributed by atoms with E-state index < -0.39 is 23.4 Å². The van der Waals surface area contributed by atoms with E-state index in [0.717, 1.165) is 18.4 Å². The molecule has 0 spiro atoms. The summed E-state index contributed by atoms with van der Waals surface area (Å²) in [6, 6.07) is 10.0. The van der Waals surface area contributed by atoms with Crippen LogP contribution in [0.15, 0.2) is 48.8 Å². The molecule has 0 radical (unpaired) electrons. The number of amides is 2. The van der Waals surface area contributed by atoms with Gasteiger partial charge in [0.05, 0.1) is 43.8 Å². The summed E-state index contributed by atoms with van der Waals surface area (Å²) in [5.74, 6) is 0.110. The minimum atomic E-state index is -0.658. The molecule has 1 aliphatic heterocycles. The highest BCUT2D eigenvalue weighted by Gasteiger charge is 2.38. The van der Waals surface area contributed by atoms with Gasteiger partial charge in [-0.25, -0.2) is 14.2 Å². The van der Waals surface area contributed by atoms with Crippen LogP contribution in [0.25, 0.3) is 5.57 Å². The van der Waals surface area contributed by atoms with Crippen LogP contribution in [-0.2, 0) is 17.8 Å². The minimum absolute atomic E-state index is 0.00368. The first-order valence-corrected chi connectivity index (χ1v) is 15.3. The van der Waals surface area contributed by atoms with E-state index in [2.05, 4.69) is 15.6 Å². The Morgan fingerprint density at radius 1 is 1.13 bits per heavy atom. The van der Waals surface area contributed by atoms with E-state index in [1.165, 1.54) is 6.20 Å². The number of methoxy groups -OCH3 is 2. The molecule has 244 valence electrons. The minimum Gasteiger partial charge on any atom is -0.497 e. The number of nitrogens with two attached hydrogens (primary N) is 1. The van der Waals surface area contributed by atoms with Crippen molar-refractivity contribution in [3.8, 4) is 11.5 Å². The van der Waals surface area contributed by atoms with Gasteiger partial charge < -0.3 is 35.5 Å². The predicted octanol–water partition coefficient (Wildman–Crippen LogP) is 5.38. The van der Waals surface area contributed by atoms with E-state index in [-0.39, 0.29) is 47.8 Å². The Balaban J connectivity index is 1.52. The van der Waals surface area contributed by atoms with Crippen LogP contribution in [0, 0.1) is 5.82 Å². The fraction of sp³-hybridized carbons (Fsp3) is 0.412. The molecule has 1 fully saturated rings. The second kappa shape index (κ2) is 13.6. The molecule has 0 bridgehead atoms. The van der Waals surface area contributed by atoms with Gasteiger partial charge in [0.25, 0.3) is 5.91 Å². The van der Waals surface area contributed by atoms with Crippen molar-refractivity contribution in [1.82, 2.24) is 20.2 Å². The molecule has 1 aliphatic carbocycles. The molecule has 2 aliphatic rings. The third-order valence-electron chi connectivity index (χ3n) is 8.09. The predicted molar refractivity (Wildman–Crippen MR) is 172 cm³/mol. The number of anilines is 1. The lowest BCUT2D eigenvalue weighted by Gasteiger charge is -2.34. The third kappa shape index (κ3) is 7.00. The number of pyridine rings is 2. The molecule has 1 aromatic carbocycles. The summed E-state index contributed by atoms with van der Waals surface area (Å²) in [6.07, 6.45) is 5.57. The monoisotopic (exact) mass is 632 g/mol. The zero-order valence-electron chi connectivity index (χ0n) is 26.9. The summed E-state index contributed by atoms with van der Waals surface area (Å²) in [6.45, 7) is 5.57. The number of alkyl carbamates (subject to hydrolysis) is 1. The molecular weight excluding hydrogens is 591 g/mol. The molecule has 5 rings (SSSR count). The molecule has 0 unspecified atom stereocenters. The molecule has 3 heterocycles. The van der Waals surface area contributed by atoms with Crippen LogP contribution >= 0.6 is 0 Å². The highest BCUT2D eigenvalue weighted by atomic mass is 19.1. The topological polar surface area (TPSA) is 141 Å². The van der Waals surface area contributed by atoms with Gasteiger partial charge in [0.1, 0.15) is 17.1 Å². The summed E-state index contributed by atoms with van der Waals surface area (Å²) >= 11 is 0. The number of benzene rings is 1. The Labute approximate surface area is 268 Å².